The van der Waals surface area contributed by atoms with E-state index in [1.807, 2.05) is 18.2 Å². The van der Waals surface area contributed by atoms with Crippen LogP contribution in [0.5, 0.6) is 11.5 Å². The highest BCUT2D eigenvalue weighted by atomic mass is 19.1. The van der Waals surface area contributed by atoms with Gasteiger partial charge in [-0.3, -0.25) is 4.79 Å². The number of rotatable bonds is 5. The number of fused-ring (bicyclic) bond motifs is 1. The summed E-state index contributed by atoms with van der Waals surface area (Å²) in [5, 5.41) is 2.87. The van der Waals surface area contributed by atoms with Gasteiger partial charge < -0.3 is 14.8 Å². The molecule has 23 heavy (non-hydrogen) atoms. The highest BCUT2D eigenvalue weighted by Gasteiger charge is 2.13. The summed E-state index contributed by atoms with van der Waals surface area (Å²) in [4.78, 5) is 12.0. The Morgan fingerprint density at radius 1 is 1.00 bits per heavy atom. The first-order chi connectivity index (χ1) is 11.2. The van der Waals surface area contributed by atoms with Crippen LogP contribution >= 0.6 is 0 Å². The van der Waals surface area contributed by atoms with Crippen LogP contribution in [0.25, 0.3) is 0 Å². The number of halogens is 1. The van der Waals surface area contributed by atoms with Gasteiger partial charge in [-0.25, -0.2) is 4.39 Å². The van der Waals surface area contributed by atoms with Crippen molar-refractivity contribution in [3.05, 3.63) is 59.4 Å². The highest BCUT2D eigenvalue weighted by molar-refractivity contribution is 5.78. The summed E-state index contributed by atoms with van der Waals surface area (Å²) < 4.78 is 23.8. The second-order valence-electron chi connectivity index (χ2n) is 5.38. The molecule has 0 spiro atoms. The van der Waals surface area contributed by atoms with Gasteiger partial charge in [0.25, 0.3) is 0 Å². The number of ether oxygens (including phenoxy) is 2. The average Bonchev–Trinajstić information content (AvgIpc) is 2.56. The zero-order valence-electron chi connectivity index (χ0n) is 12.7. The normalized spacial score (nSPS) is 12.7. The molecule has 0 radical (unpaired) electrons. The van der Waals surface area contributed by atoms with Gasteiger partial charge in [-0.2, -0.15) is 0 Å². The van der Waals surface area contributed by atoms with Crippen LogP contribution in [0.2, 0.25) is 0 Å². The zero-order valence-corrected chi connectivity index (χ0v) is 12.7. The van der Waals surface area contributed by atoms with E-state index in [9.17, 15) is 9.18 Å². The Labute approximate surface area is 134 Å². The standard InChI is InChI=1S/C18H18FNO3/c19-15-4-1-13(2-5-15)7-8-20-18(21)12-14-3-6-16-17(11-14)23-10-9-22-16/h1-6,11H,7-10,12H2,(H,20,21). The maximum absolute atomic E-state index is 12.8. The Hall–Kier alpha value is -2.56. The molecule has 1 amide bonds. The minimum atomic E-state index is -0.253. The van der Waals surface area contributed by atoms with Crippen molar-refractivity contribution in [1.82, 2.24) is 5.32 Å². The van der Waals surface area contributed by atoms with Crippen molar-refractivity contribution >= 4 is 5.91 Å². The predicted octanol–water partition coefficient (Wildman–Crippen LogP) is 2.50. The lowest BCUT2D eigenvalue weighted by Crippen LogP contribution is -2.27. The molecule has 1 aliphatic heterocycles. The Morgan fingerprint density at radius 2 is 1.70 bits per heavy atom. The van der Waals surface area contributed by atoms with Crippen LogP contribution in [0, 0.1) is 5.82 Å². The van der Waals surface area contributed by atoms with E-state index in [1.165, 1.54) is 12.1 Å². The molecule has 0 atom stereocenters. The van der Waals surface area contributed by atoms with Gasteiger partial charge in [0.05, 0.1) is 6.42 Å². The molecular weight excluding hydrogens is 297 g/mol. The Kier molecular flexibility index (Phi) is 4.76. The van der Waals surface area contributed by atoms with Crippen molar-refractivity contribution in [2.24, 2.45) is 0 Å². The van der Waals surface area contributed by atoms with E-state index in [1.54, 1.807) is 12.1 Å². The van der Waals surface area contributed by atoms with Crippen LogP contribution in [0.3, 0.4) is 0 Å². The fraction of sp³-hybridized carbons (Fsp3) is 0.278. The summed E-state index contributed by atoms with van der Waals surface area (Å²) in [6.07, 6.45) is 0.965. The summed E-state index contributed by atoms with van der Waals surface area (Å²) in [5.74, 6) is 1.10. The fourth-order valence-corrected chi connectivity index (χ4v) is 2.44. The second-order valence-corrected chi connectivity index (χ2v) is 5.38. The predicted molar refractivity (Wildman–Crippen MR) is 84.2 cm³/mol. The van der Waals surface area contributed by atoms with Crippen LogP contribution in [0.4, 0.5) is 4.39 Å². The maximum Gasteiger partial charge on any atom is 0.224 e. The number of benzene rings is 2. The van der Waals surface area contributed by atoms with Crippen LogP contribution < -0.4 is 14.8 Å². The van der Waals surface area contributed by atoms with E-state index in [0.29, 0.717) is 38.3 Å². The maximum atomic E-state index is 12.8. The van der Waals surface area contributed by atoms with Gasteiger partial charge in [-0.05, 0) is 41.8 Å². The third kappa shape index (κ3) is 4.22. The first-order valence-corrected chi connectivity index (χ1v) is 7.60. The largest absolute Gasteiger partial charge is 0.486 e. The number of hydrogen-bond donors (Lipinski definition) is 1. The van der Waals surface area contributed by atoms with E-state index in [4.69, 9.17) is 9.47 Å². The van der Waals surface area contributed by atoms with Crippen molar-refractivity contribution in [2.45, 2.75) is 12.8 Å². The average molecular weight is 315 g/mol. The Morgan fingerprint density at radius 3 is 2.48 bits per heavy atom. The van der Waals surface area contributed by atoms with Crippen LogP contribution in [0.1, 0.15) is 11.1 Å². The lowest BCUT2D eigenvalue weighted by molar-refractivity contribution is -0.120. The molecule has 0 bridgehead atoms. The van der Waals surface area contributed by atoms with Gasteiger partial charge in [0.2, 0.25) is 5.91 Å². The first kappa shape index (κ1) is 15.3. The van der Waals surface area contributed by atoms with Crippen LogP contribution in [-0.4, -0.2) is 25.7 Å². The lowest BCUT2D eigenvalue weighted by Gasteiger charge is -2.18. The molecule has 1 heterocycles. The Balaban J connectivity index is 1.48. The van der Waals surface area contributed by atoms with E-state index in [2.05, 4.69) is 5.32 Å². The molecule has 0 saturated carbocycles. The molecule has 5 heteroatoms. The minimum Gasteiger partial charge on any atom is -0.486 e. The number of carbonyl (C=O) groups excluding carboxylic acids is 1. The van der Waals surface area contributed by atoms with Gasteiger partial charge in [-0.15, -0.1) is 0 Å². The van der Waals surface area contributed by atoms with Gasteiger partial charge in [0.15, 0.2) is 11.5 Å². The quantitative estimate of drug-likeness (QED) is 0.922. The molecule has 0 fully saturated rings. The number of hydrogen-bond acceptors (Lipinski definition) is 3. The number of nitrogens with one attached hydrogen (secondary N) is 1. The van der Waals surface area contributed by atoms with Crippen LogP contribution in [0.15, 0.2) is 42.5 Å². The van der Waals surface area contributed by atoms with Crippen LogP contribution in [-0.2, 0) is 17.6 Å². The zero-order chi connectivity index (χ0) is 16.1. The summed E-state index contributed by atoms with van der Waals surface area (Å²) >= 11 is 0. The molecule has 3 rings (SSSR count). The third-order valence-electron chi connectivity index (χ3n) is 3.62. The molecule has 0 aromatic heterocycles. The number of amides is 1. The van der Waals surface area contributed by atoms with E-state index < -0.39 is 0 Å². The first-order valence-electron chi connectivity index (χ1n) is 7.60. The fourth-order valence-electron chi connectivity index (χ4n) is 2.44. The van der Waals surface area contributed by atoms with Crippen molar-refractivity contribution in [1.29, 1.82) is 0 Å². The van der Waals surface area contributed by atoms with E-state index >= 15 is 0 Å². The van der Waals surface area contributed by atoms with Crippen molar-refractivity contribution in [3.63, 3.8) is 0 Å². The molecule has 0 saturated heterocycles. The van der Waals surface area contributed by atoms with E-state index in [0.717, 1.165) is 16.9 Å². The third-order valence-corrected chi connectivity index (χ3v) is 3.62. The topological polar surface area (TPSA) is 47.6 Å². The molecule has 0 unspecified atom stereocenters. The highest BCUT2D eigenvalue weighted by Crippen LogP contribution is 2.30. The monoisotopic (exact) mass is 315 g/mol. The summed E-state index contributed by atoms with van der Waals surface area (Å²) in [6.45, 7) is 1.60. The van der Waals surface area contributed by atoms with Gasteiger partial charge in [-0.1, -0.05) is 18.2 Å². The van der Waals surface area contributed by atoms with Gasteiger partial charge in [0, 0.05) is 6.54 Å². The molecule has 2 aromatic carbocycles. The van der Waals surface area contributed by atoms with Gasteiger partial charge >= 0.3 is 0 Å². The van der Waals surface area contributed by atoms with Gasteiger partial charge in [0.1, 0.15) is 19.0 Å². The smallest absolute Gasteiger partial charge is 0.224 e. The van der Waals surface area contributed by atoms with Crippen molar-refractivity contribution in [2.75, 3.05) is 19.8 Å². The molecule has 1 N–H and O–H groups in total. The van der Waals surface area contributed by atoms with Crippen molar-refractivity contribution < 1.29 is 18.7 Å². The number of carbonyl (C=O) groups is 1. The molecular formula is C18H18FNO3. The summed E-state index contributed by atoms with van der Waals surface area (Å²) in [5.41, 5.74) is 1.87. The SMILES string of the molecule is O=C(Cc1ccc2c(c1)OCCO2)NCCc1ccc(F)cc1. The Bertz CT molecular complexity index is 685. The minimum absolute atomic E-state index is 0.0520. The molecule has 120 valence electrons. The summed E-state index contributed by atoms with van der Waals surface area (Å²) in [6, 6.07) is 11.8. The lowest BCUT2D eigenvalue weighted by atomic mass is 10.1. The molecule has 4 nitrogen and oxygen atoms in total. The van der Waals surface area contributed by atoms with Crippen molar-refractivity contribution in [3.8, 4) is 11.5 Å². The molecule has 2 aromatic rings. The molecule has 1 aliphatic rings. The molecule has 0 aliphatic carbocycles. The second kappa shape index (κ2) is 7.13. The summed E-state index contributed by atoms with van der Waals surface area (Å²) in [7, 11) is 0. The van der Waals surface area contributed by atoms with E-state index in [-0.39, 0.29) is 11.7 Å².